The van der Waals surface area contributed by atoms with Crippen LogP contribution < -0.4 is 15.3 Å². The molecule has 0 radical (unpaired) electrons. The molecule has 0 spiro atoms. The van der Waals surface area contributed by atoms with E-state index in [-0.39, 0.29) is 10.5 Å². The smallest absolute Gasteiger partial charge is 0.417 e. The summed E-state index contributed by atoms with van der Waals surface area (Å²) in [7, 11) is -3.91. The number of H-pyrrole nitrogens is 1. The lowest BCUT2D eigenvalue weighted by molar-refractivity contribution is 0.317. The van der Waals surface area contributed by atoms with Crippen LogP contribution in [-0.4, -0.2) is 26.2 Å². The number of benzene rings is 2. The van der Waals surface area contributed by atoms with Gasteiger partial charge in [0, 0.05) is 11.6 Å². The van der Waals surface area contributed by atoms with Crippen molar-refractivity contribution in [2.75, 3.05) is 6.61 Å². The predicted molar refractivity (Wildman–Crippen MR) is 97.0 cm³/mol. The number of nitrogens with one attached hydrogen (secondary N) is 2. The number of fused-ring (bicyclic) bond motifs is 1. The quantitative estimate of drug-likeness (QED) is 0.485. The van der Waals surface area contributed by atoms with Crippen molar-refractivity contribution in [3.63, 3.8) is 0 Å². The SMILES string of the molecule is CCCOc1ccccc1/C=N/NS(=O)(=O)c1ccc2[nH]c(=O)oc2c1. The van der Waals surface area contributed by atoms with E-state index in [1.54, 1.807) is 18.2 Å². The molecule has 26 heavy (non-hydrogen) atoms. The monoisotopic (exact) mass is 375 g/mol. The van der Waals surface area contributed by atoms with E-state index in [2.05, 4.69) is 14.9 Å². The summed E-state index contributed by atoms with van der Waals surface area (Å²) in [6, 6.07) is 11.2. The van der Waals surface area contributed by atoms with E-state index in [0.717, 1.165) is 6.42 Å². The van der Waals surface area contributed by atoms with E-state index < -0.39 is 15.8 Å². The van der Waals surface area contributed by atoms with Gasteiger partial charge in [-0.25, -0.2) is 9.63 Å². The van der Waals surface area contributed by atoms with E-state index in [1.807, 2.05) is 13.0 Å². The molecule has 136 valence electrons. The van der Waals surface area contributed by atoms with Gasteiger partial charge in [-0.3, -0.25) is 4.98 Å². The summed E-state index contributed by atoms with van der Waals surface area (Å²) in [5, 5.41) is 3.80. The Kier molecular flexibility index (Phi) is 5.08. The van der Waals surface area contributed by atoms with Crippen molar-refractivity contribution in [2.45, 2.75) is 18.2 Å². The Morgan fingerprint density at radius 3 is 2.88 bits per heavy atom. The molecule has 0 saturated carbocycles. The van der Waals surface area contributed by atoms with Crippen LogP contribution in [0.3, 0.4) is 0 Å². The standard InChI is InChI=1S/C17H17N3O5S/c1-2-9-24-15-6-4-3-5-12(15)11-18-20-26(22,23)13-7-8-14-16(10-13)25-17(21)19-14/h3-8,10-11,20H,2,9H2,1H3,(H,19,21)/b18-11+. The van der Waals surface area contributed by atoms with Gasteiger partial charge in [0.25, 0.3) is 10.0 Å². The summed E-state index contributed by atoms with van der Waals surface area (Å²) in [5.74, 6) is -0.0305. The first-order chi connectivity index (χ1) is 12.5. The van der Waals surface area contributed by atoms with Crippen LogP contribution in [0.4, 0.5) is 0 Å². The highest BCUT2D eigenvalue weighted by molar-refractivity contribution is 7.89. The fraction of sp³-hybridized carbons (Fsp3) is 0.176. The second-order valence-electron chi connectivity index (χ2n) is 5.41. The molecule has 0 aliphatic rings. The van der Waals surface area contributed by atoms with Gasteiger partial charge in [-0.2, -0.15) is 13.5 Å². The Bertz CT molecular complexity index is 1100. The molecule has 2 aromatic carbocycles. The van der Waals surface area contributed by atoms with Gasteiger partial charge in [-0.05, 0) is 30.7 Å². The summed E-state index contributed by atoms with van der Waals surface area (Å²) in [5.41, 5.74) is 1.22. The first kappa shape index (κ1) is 17.7. The number of oxazole rings is 1. The van der Waals surface area contributed by atoms with Crippen molar-refractivity contribution in [3.05, 3.63) is 58.6 Å². The molecule has 3 aromatic rings. The van der Waals surface area contributed by atoms with Crippen LogP contribution in [0.5, 0.6) is 5.75 Å². The number of hydrogen-bond acceptors (Lipinski definition) is 6. The zero-order chi connectivity index (χ0) is 18.6. The molecular weight excluding hydrogens is 358 g/mol. The second-order valence-corrected chi connectivity index (χ2v) is 7.07. The van der Waals surface area contributed by atoms with Crippen LogP contribution in [0.15, 0.2) is 61.7 Å². The Labute approximate surface area is 149 Å². The van der Waals surface area contributed by atoms with Gasteiger partial charge < -0.3 is 9.15 Å². The maximum absolute atomic E-state index is 12.3. The molecule has 0 unspecified atom stereocenters. The van der Waals surface area contributed by atoms with Crippen LogP contribution in [0.2, 0.25) is 0 Å². The number of sulfonamides is 1. The first-order valence-electron chi connectivity index (χ1n) is 7.89. The highest BCUT2D eigenvalue weighted by Crippen LogP contribution is 2.17. The molecule has 0 fully saturated rings. The highest BCUT2D eigenvalue weighted by Gasteiger charge is 2.15. The van der Waals surface area contributed by atoms with Crippen molar-refractivity contribution >= 4 is 27.3 Å². The Hall–Kier alpha value is -3.07. The van der Waals surface area contributed by atoms with Gasteiger partial charge in [0.15, 0.2) is 5.58 Å². The number of rotatable bonds is 7. The van der Waals surface area contributed by atoms with Crippen LogP contribution in [0, 0.1) is 0 Å². The molecule has 0 atom stereocenters. The molecule has 0 bridgehead atoms. The fourth-order valence-corrected chi connectivity index (χ4v) is 3.05. The fourth-order valence-electron chi connectivity index (χ4n) is 2.24. The molecule has 0 amide bonds. The lowest BCUT2D eigenvalue weighted by Gasteiger charge is -2.07. The second kappa shape index (κ2) is 7.44. The number of hydrogen-bond donors (Lipinski definition) is 2. The van der Waals surface area contributed by atoms with Crippen LogP contribution >= 0.6 is 0 Å². The Morgan fingerprint density at radius 1 is 1.27 bits per heavy atom. The van der Waals surface area contributed by atoms with Gasteiger partial charge in [0.05, 0.1) is 23.2 Å². The van der Waals surface area contributed by atoms with Crippen LogP contribution in [-0.2, 0) is 10.0 Å². The van der Waals surface area contributed by atoms with Gasteiger partial charge in [0.1, 0.15) is 5.75 Å². The van der Waals surface area contributed by atoms with Crippen molar-refractivity contribution < 1.29 is 17.6 Å². The predicted octanol–water partition coefficient (Wildman–Crippen LogP) is 2.22. The van der Waals surface area contributed by atoms with Crippen molar-refractivity contribution in [1.82, 2.24) is 9.82 Å². The number of ether oxygens (including phenoxy) is 1. The highest BCUT2D eigenvalue weighted by atomic mass is 32.2. The summed E-state index contributed by atoms with van der Waals surface area (Å²) >= 11 is 0. The number of aromatic amines is 1. The summed E-state index contributed by atoms with van der Waals surface area (Å²) in [6.45, 7) is 2.55. The topological polar surface area (TPSA) is 114 Å². The summed E-state index contributed by atoms with van der Waals surface area (Å²) in [4.78, 5) is 15.7. The number of aromatic nitrogens is 1. The van der Waals surface area contributed by atoms with Gasteiger partial charge >= 0.3 is 5.76 Å². The zero-order valence-electron chi connectivity index (χ0n) is 13.9. The average molecular weight is 375 g/mol. The first-order valence-corrected chi connectivity index (χ1v) is 9.37. The molecule has 0 aliphatic carbocycles. The van der Waals surface area contributed by atoms with E-state index >= 15 is 0 Å². The van der Waals surface area contributed by atoms with Crippen LogP contribution in [0.25, 0.3) is 11.1 Å². The Balaban J connectivity index is 1.79. The number of para-hydroxylation sites is 1. The maximum atomic E-state index is 12.3. The minimum absolute atomic E-state index is 0.0691. The normalized spacial score (nSPS) is 11.9. The molecule has 9 heteroatoms. The molecule has 0 saturated heterocycles. The summed E-state index contributed by atoms with van der Waals surface area (Å²) in [6.07, 6.45) is 2.23. The van der Waals surface area contributed by atoms with Crippen molar-refractivity contribution in [3.8, 4) is 5.75 Å². The Morgan fingerprint density at radius 2 is 2.08 bits per heavy atom. The lowest BCUT2D eigenvalue weighted by Crippen LogP contribution is -2.18. The minimum atomic E-state index is -3.91. The average Bonchev–Trinajstić information content (AvgIpc) is 3.00. The molecule has 1 heterocycles. The molecule has 2 N–H and O–H groups in total. The van der Waals surface area contributed by atoms with E-state index in [1.165, 1.54) is 24.4 Å². The van der Waals surface area contributed by atoms with Gasteiger partial charge in [-0.15, -0.1) is 0 Å². The van der Waals surface area contributed by atoms with E-state index in [9.17, 15) is 13.2 Å². The number of hydrazone groups is 1. The molecule has 3 rings (SSSR count). The van der Waals surface area contributed by atoms with E-state index in [0.29, 0.717) is 23.4 Å². The van der Waals surface area contributed by atoms with Gasteiger partial charge in [0.2, 0.25) is 0 Å². The molecule has 8 nitrogen and oxygen atoms in total. The summed E-state index contributed by atoms with van der Waals surface area (Å²) < 4.78 is 35.2. The molecule has 0 aliphatic heterocycles. The lowest BCUT2D eigenvalue weighted by atomic mass is 10.2. The largest absolute Gasteiger partial charge is 0.493 e. The third-order valence-corrected chi connectivity index (χ3v) is 4.68. The van der Waals surface area contributed by atoms with Crippen molar-refractivity contribution in [1.29, 1.82) is 0 Å². The zero-order valence-corrected chi connectivity index (χ0v) is 14.7. The van der Waals surface area contributed by atoms with Gasteiger partial charge in [-0.1, -0.05) is 19.1 Å². The van der Waals surface area contributed by atoms with Crippen molar-refractivity contribution in [2.24, 2.45) is 5.10 Å². The molecule has 1 aromatic heterocycles. The van der Waals surface area contributed by atoms with Crippen LogP contribution in [0.1, 0.15) is 18.9 Å². The minimum Gasteiger partial charge on any atom is -0.493 e. The maximum Gasteiger partial charge on any atom is 0.417 e. The van der Waals surface area contributed by atoms with E-state index in [4.69, 9.17) is 9.15 Å². The third kappa shape index (κ3) is 3.94. The number of nitrogens with zero attached hydrogens (tertiary/aromatic N) is 1. The molecular formula is C17H17N3O5S. The third-order valence-electron chi connectivity index (χ3n) is 3.46.